The zero-order valence-electron chi connectivity index (χ0n) is 6.69. The van der Waals surface area contributed by atoms with E-state index < -0.39 is 0 Å². The van der Waals surface area contributed by atoms with E-state index in [0.717, 1.165) is 28.3 Å². The average molecular weight is 293 g/mol. The third-order valence-corrected chi connectivity index (χ3v) is 2.98. The molecule has 1 nitrogen and oxygen atoms in total. The van der Waals surface area contributed by atoms with Crippen molar-refractivity contribution in [3.63, 3.8) is 0 Å². The van der Waals surface area contributed by atoms with Crippen LogP contribution in [0.2, 0.25) is 0 Å². The largest absolute Gasteiger partial charge is 0.399 e. The number of alkyl halides is 1. The van der Waals surface area contributed by atoms with Gasteiger partial charge in [0.15, 0.2) is 0 Å². The lowest BCUT2D eigenvalue weighted by Gasteiger charge is -2.03. The number of hydrogen-bond donors (Lipinski definition) is 1. The van der Waals surface area contributed by atoms with Crippen molar-refractivity contribution in [3.05, 3.63) is 28.2 Å². The van der Waals surface area contributed by atoms with E-state index >= 15 is 0 Å². The molecule has 66 valence electrons. The first-order valence-electron chi connectivity index (χ1n) is 3.84. The Bertz CT molecular complexity index is 261. The van der Waals surface area contributed by atoms with Gasteiger partial charge in [-0.05, 0) is 36.6 Å². The summed E-state index contributed by atoms with van der Waals surface area (Å²) in [5.41, 5.74) is 7.79. The van der Waals surface area contributed by atoms with Gasteiger partial charge in [0.2, 0.25) is 0 Å². The van der Waals surface area contributed by atoms with Crippen LogP contribution in [0.3, 0.4) is 0 Å². The lowest BCUT2D eigenvalue weighted by atomic mass is 10.1. The quantitative estimate of drug-likeness (QED) is 0.671. The molecule has 0 aliphatic rings. The standard InChI is InChI=1S/C9H11Br2N/c10-5-1-2-7-6-8(12)3-4-9(7)11/h3-4,6H,1-2,5,12H2. The van der Waals surface area contributed by atoms with Crippen molar-refractivity contribution in [3.8, 4) is 0 Å². The van der Waals surface area contributed by atoms with Crippen molar-refractivity contribution < 1.29 is 0 Å². The van der Waals surface area contributed by atoms with E-state index in [9.17, 15) is 0 Å². The van der Waals surface area contributed by atoms with Crippen LogP contribution in [0, 0.1) is 0 Å². The summed E-state index contributed by atoms with van der Waals surface area (Å²) in [6.45, 7) is 0. The van der Waals surface area contributed by atoms with Crippen LogP contribution in [-0.2, 0) is 6.42 Å². The Kier molecular flexibility index (Phi) is 4.09. The predicted octanol–water partition coefficient (Wildman–Crippen LogP) is 3.36. The highest BCUT2D eigenvalue weighted by Gasteiger charge is 1.99. The van der Waals surface area contributed by atoms with Gasteiger partial charge in [0.1, 0.15) is 0 Å². The Hall–Kier alpha value is -0.0200. The maximum atomic E-state index is 5.67. The number of halogens is 2. The number of aryl methyl sites for hydroxylation is 1. The topological polar surface area (TPSA) is 26.0 Å². The minimum atomic E-state index is 0.836. The van der Waals surface area contributed by atoms with Crippen molar-refractivity contribution >= 4 is 37.5 Å². The van der Waals surface area contributed by atoms with E-state index in [2.05, 4.69) is 31.9 Å². The van der Waals surface area contributed by atoms with E-state index in [4.69, 9.17) is 5.73 Å². The molecule has 1 aromatic rings. The van der Waals surface area contributed by atoms with Crippen molar-refractivity contribution in [1.82, 2.24) is 0 Å². The molecule has 0 aliphatic heterocycles. The number of nitrogen functional groups attached to an aromatic ring is 1. The van der Waals surface area contributed by atoms with Crippen molar-refractivity contribution in [2.75, 3.05) is 11.1 Å². The molecule has 0 aliphatic carbocycles. The van der Waals surface area contributed by atoms with Crippen LogP contribution in [0.25, 0.3) is 0 Å². The maximum Gasteiger partial charge on any atom is 0.0317 e. The highest BCUT2D eigenvalue weighted by atomic mass is 79.9. The molecule has 0 heterocycles. The summed E-state index contributed by atoms with van der Waals surface area (Å²) in [5, 5.41) is 1.04. The molecule has 0 spiro atoms. The number of benzene rings is 1. The predicted molar refractivity (Wildman–Crippen MR) is 60.7 cm³/mol. The van der Waals surface area contributed by atoms with Gasteiger partial charge in [0, 0.05) is 15.5 Å². The number of rotatable bonds is 3. The first-order valence-corrected chi connectivity index (χ1v) is 5.75. The second-order valence-corrected chi connectivity index (χ2v) is 4.29. The zero-order chi connectivity index (χ0) is 8.97. The van der Waals surface area contributed by atoms with Crippen molar-refractivity contribution in [1.29, 1.82) is 0 Å². The first-order chi connectivity index (χ1) is 5.74. The van der Waals surface area contributed by atoms with Gasteiger partial charge < -0.3 is 5.73 Å². The van der Waals surface area contributed by atoms with Crippen molar-refractivity contribution in [2.45, 2.75) is 12.8 Å². The third-order valence-electron chi connectivity index (χ3n) is 1.65. The number of anilines is 1. The van der Waals surface area contributed by atoms with Crippen LogP contribution >= 0.6 is 31.9 Å². The van der Waals surface area contributed by atoms with Crippen LogP contribution in [0.15, 0.2) is 22.7 Å². The molecule has 0 unspecified atom stereocenters. The molecule has 2 N–H and O–H groups in total. The highest BCUT2D eigenvalue weighted by molar-refractivity contribution is 9.10. The summed E-state index contributed by atoms with van der Waals surface area (Å²) in [4.78, 5) is 0. The Morgan fingerprint density at radius 1 is 1.33 bits per heavy atom. The summed E-state index contributed by atoms with van der Waals surface area (Å²) in [6, 6.07) is 5.92. The summed E-state index contributed by atoms with van der Waals surface area (Å²) < 4.78 is 1.15. The molecule has 0 saturated heterocycles. The lowest BCUT2D eigenvalue weighted by Crippen LogP contribution is -1.91. The highest BCUT2D eigenvalue weighted by Crippen LogP contribution is 2.20. The molecule has 0 radical (unpaired) electrons. The van der Waals surface area contributed by atoms with Gasteiger partial charge in [0.25, 0.3) is 0 Å². The van der Waals surface area contributed by atoms with Gasteiger partial charge >= 0.3 is 0 Å². The molecule has 1 aromatic carbocycles. The van der Waals surface area contributed by atoms with Crippen LogP contribution < -0.4 is 5.73 Å². The minimum Gasteiger partial charge on any atom is -0.399 e. The number of nitrogens with two attached hydrogens (primary N) is 1. The minimum absolute atomic E-state index is 0.836. The van der Waals surface area contributed by atoms with Gasteiger partial charge in [-0.3, -0.25) is 0 Å². The van der Waals surface area contributed by atoms with E-state index in [1.54, 1.807) is 0 Å². The number of hydrogen-bond acceptors (Lipinski definition) is 1. The molecule has 3 heteroatoms. The van der Waals surface area contributed by atoms with Gasteiger partial charge in [-0.1, -0.05) is 31.9 Å². The fourth-order valence-corrected chi connectivity index (χ4v) is 1.77. The molecule has 0 fully saturated rings. The van der Waals surface area contributed by atoms with E-state index in [0.29, 0.717) is 0 Å². The third kappa shape index (κ3) is 2.79. The van der Waals surface area contributed by atoms with Crippen LogP contribution in [-0.4, -0.2) is 5.33 Å². The Morgan fingerprint density at radius 3 is 2.75 bits per heavy atom. The molecule has 1 rings (SSSR count). The van der Waals surface area contributed by atoms with E-state index in [-0.39, 0.29) is 0 Å². The summed E-state index contributed by atoms with van der Waals surface area (Å²) >= 11 is 6.89. The average Bonchev–Trinajstić information content (AvgIpc) is 2.07. The molecule has 0 saturated carbocycles. The summed E-state index contributed by atoms with van der Waals surface area (Å²) in [5.74, 6) is 0. The van der Waals surface area contributed by atoms with Crippen molar-refractivity contribution in [2.24, 2.45) is 0 Å². The van der Waals surface area contributed by atoms with Gasteiger partial charge in [0.05, 0.1) is 0 Å². The second kappa shape index (κ2) is 4.87. The van der Waals surface area contributed by atoms with E-state index in [1.807, 2.05) is 18.2 Å². The fraction of sp³-hybridized carbons (Fsp3) is 0.333. The van der Waals surface area contributed by atoms with Gasteiger partial charge in [-0.25, -0.2) is 0 Å². The Balaban J connectivity index is 2.75. The smallest absolute Gasteiger partial charge is 0.0317 e. The van der Waals surface area contributed by atoms with Gasteiger partial charge in [-0.15, -0.1) is 0 Å². The SMILES string of the molecule is Nc1ccc(Br)c(CCCBr)c1. The van der Waals surface area contributed by atoms with E-state index in [1.165, 1.54) is 5.56 Å². The normalized spacial score (nSPS) is 10.2. The molecule has 0 bridgehead atoms. The summed E-state index contributed by atoms with van der Waals surface area (Å²) in [7, 11) is 0. The molecule has 0 atom stereocenters. The van der Waals surface area contributed by atoms with Crippen LogP contribution in [0.1, 0.15) is 12.0 Å². The molecule has 12 heavy (non-hydrogen) atoms. The molecule has 0 aromatic heterocycles. The fourth-order valence-electron chi connectivity index (χ4n) is 1.04. The lowest BCUT2D eigenvalue weighted by molar-refractivity contribution is 0.935. The zero-order valence-corrected chi connectivity index (χ0v) is 9.86. The maximum absolute atomic E-state index is 5.67. The van der Waals surface area contributed by atoms with Crippen LogP contribution in [0.4, 0.5) is 5.69 Å². The molecule has 0 amide bonds. The summed E-state index contributed by atoms with van der Waals surface area (Å²) in [6.07, 6.45) is 2.21. The monoisotopic (exact) mass is 291 g/mol. The Labute approximate surface area is 89.6 Å². The molecular weight excluding hydrogens is 282 g/mol. The van der Waals surface area contributed by atoms with Crippen LogP contribution in [0.5, 0.6) is 0 Å². The molecular formula is C9H11Br2N. The first kappa shape index (κ1) is 10.1. The second-order valence-electron chi connectivity index (χ2n) is 2.64. The Morgan fingerprint density at radius 2 is 2.08 bits per heavy atom. The van der Waals surface area contributed by atoms with Gasteiger partial charge in [-0.2, -0.15) is 0 Å².